The van der Waals surface area contributed by atoms with Crippen molar-refractivity contribution in [3.63, 3.8) is 0 Å². The lowest BCUT2D eigenvalue weighted by atomic mass is 10.1. The highest BCUT2D eigenvalue weighted by molar-refractivity contribution is 6.00. The number of nitrogens with one attached hydrogen (secondary N) is 2. The Bertz CT molecular complexity index is 662. The van der Waals surface area contributed by atoms with E-state index in [4.69, 9.17) is 4.74 Å². The lowest BCUT2D eigenvalue weighted by Gasteiger charge is -2.19. The molecule has 0 aliphatic carbocycles. The van der Waals surface area contributed by atoms with Crippen molar-refractivity contribution in [3.8, 4) is 5.75 Å². The fraction of sp³-hybridized carbons (Fsp3) is 0.471. The molecule has 8 heteroatoms. The SMILES string of the molecule is CCCCC(NC(=O)c1ccc(OC)c(N2CCNC2=O)c1)C(=O)O. The van der Waals surface area contributed by atoms with E-state index in [0.29, 0.717) is 37.4 Å². The number of rotatable bonds is 8. The Morgan fingerprint density at radius 3 is 2.76 bits per heavy atom. The molecule has 1 aromatic rings. The minimum Gasteiger partial charge on any atom is -0.495 e. The molecule has 0 bridgehead atoms. The molecule has 0 radical (unpaired) electrons. The summed E-state index contributed by atoms with van der Waals surface area (Å²) >= 11 is 0. The van der Waals surface area contributed by atoms with E-state index in [9.17, 15) is 19.5 Å². The smallest absolute Gasteiger partial charge is 0.326 e. The van der Waals surface area contributed by atoms with Crippen molar-refractivity contribution < 1.29 is 24.2 Å². The Morgan fingerprint density at radius 2 is 2.20 bits per heavy atom. The topological polar surface area (TPSA) is 108 Å². The predicted octanol–water partition coefficient (Wildman–Crippen LogP) is 1.60. The number of anilines is 1. The highest BCUT2D eigenvalue weighted by atomic mass is 16.5. The first-order valence-corrected chi connectivity index (χ1v) is 8.25. The second kappa shape index (κ2) is 8.36. The number of amides is 3. The number of aliphatic carboxylic acids is 1. The quantitative estimate of drug-likeness (QED) is 0.661. The lowest BCUT2D eigenvalue weighted by Crippen LogP contribution is -2.40. The first kappa shape index (κ1) is 18.6. The van der Waals surface area contributed by atoms with Crippen molar-refractivity contribution in [1.82, 2.24) is 10.6 Å². The van der Waals surface area contributed by atoms with Gasteiger partial charge in [0.05, 0.1) is 12.8 Å². The second-order valence-corrected chi connectivity index (χ2v) is 5.78. The van der Waals surface area contributed by atoms with Gasteiger partial charge >= 0.3 is 12.0 Å². The Balaban J connectivity index is 2.22. The lowest BCUT2D eigenvalue weighted by molar-refractivity contribution is -0.139. The van der Waals surface area contributed by atoms with Gasteiger partial charge in [-0.25, -0.2) is 9.59 Å². The Morgan fingerprint density at radius 1 is 1.44 bits per heavy atom. The molecule has 0 saturated carbocycles. The van der Waals surface area contributed by atoms with Crippen LogP contribution in [-0.2, 0) is 4.79 Å². The van der Waals surface area contributed by atoms with Gasteiger partial charge in [-0.2, -0.15) is 0 Å². The molecular weight excluding hydrogens is 326 g/mol. The van der Waals surface area contributed by atoms with Crippen LogP contribution in [0, 0.1) is 0 Å². The number of hydrogen-bond acceptors (Lipinski definition) is 4. The summed E-state index contributed by atoms with van der Waals surface area (Å²) < 4.78 is 5.27. The molecular formula is C17H23N3O5. The van der Waals surface area contributed by atoms with Crippen LogP contribution in [0.1, 0.15) is 36.5 Å². The van der Waals surface area contributed by atoms with Gasteiger partial charge in [0.25, 0.3) is 5.91 Å². The van der Waals surface area contributed by atoms with Crippen molar-refractivity contribution in [2.24, 2.45) is 0 Å². The summed E-state index contributed by atoms with van der Waals surface area (Å²) in [5.74, 6) is -1.09. The van der Waals surface area contributed by atoms with E-state index in [0.717, 1.165) is 6.42 Å². The number of hydrogen-bond donors (Lipinski definition) is 3. The number of unbranched alkanes of at least 4 members (excludes halogenated alkanes) is 1. The molecule has 3 N–H and O–H groups in total. The van der Waals surface area contributed by atoms with E-state index in [-0.39, 0.29) is 11.6 Å². The third-order valence-corrected chi connectivity index (χ3v) is 4.04. The standard InChI is InChI=1S/C17H23N3O5/c1-3-4-5-12(16(22)23)19-15(21)11-6-7-14(25-2)13(10-11)20-9-8-18-17(20)24/h6-7,10,12H,3-5,8-9H2,1-2H3,(H,18,24)(H,19,21)(H,22,23). The highest BCUT2D eigenvalue weighted by Crippen LogP contribution is 2.30. The maximum Gasteiger partial charge on any atom is 0.326 e. The van der Waals surface area contributed by atoms with Gasteiger partial charge in [-0.05, 0) is 24.6 Å². The van der Waals surface area contributed by atoms with Crippen LogP contribution in [0.3, 0.4) is 0 Å². The molecule has 1 saturated heterocycles. The molecule has 1 atom stereocenters. The van der Waals surface area contributed by atoms with Crippen LogP contribution < -0.4 is 20.3 Å². The van der Waals surface area contributed by atoms with Gasteiger partial charge < -0.3 is 20.5 Å². The van der Waals surface area contributed by atoms with E-state index < -0.39 is 17.9 Å². The van der Waals surface area contributed by atoms with Gasteiger partial charge in [-0.1, -0.05) is 19.8 Å². The van der Waals surface area contributed by atoms with E-state index >= 15 is 0 Å². The van der Waals surface area contributed by atoms with Crippen molar-refractivity contribution in [1.29, 1.82) is 0 Å². The predicted molar refractivity (Wildman–Crippen MR) is 92.2 cm³/mol. The fourth-order valence-electron chi connectivity index (χ4n) is 2.65. The average Bonchev–Trinajstić information content (AvgIpc) is 3.03. The van der Waals surface area contributed by atoms with Gasteiger partial charge in [0, 0.05) is 18.7 Å². The molecule has 1 aliphatic rings. The van der Waals surface area contributed by atoms with Crippen LogP contribution in [0.2, 0.25) is 0 Å². The molecule has 3 amide bonds. The van der Waals surface area contributed by atoms with Crippen LogP contribution in [0.15, 0.2) is 18.2 Å². The number of urea groups is 1. The zero-order chi connectivity index (χ0) is 18.4. The number of benzene rings is 1. The summed E-state index contributed by atoms with van der Waals surface area (Å²) in [5.41, 5.74) is 0.754. The highest BCUT2D eigenvalue weighted by Gasteiger charge is 2.26. The summed E-state index contributed by atoms with van der Waals surface area (Å²) in [6.07, 6.45) is 1.92. The van der Waals surface area contributed by atoms with E-state index in [2.05, 4.69) is 10.6 Å². The molecule has 8 nitrogen and oxygen atoms in total. The van der Waals surface area contributed by atoms with Gasteiger partial charge in [-0.3, -0.25) is 9.69 Å². The fourth-order valence-corrected chi connectivity index (χ4v) is 2.65. The third-order valence-electron chi connectivity index (χ3n) is 4.04. The number of nitrogens with zero attached hydrogens (tertiary/aromatic N) is 1. The molecule has 0 spiro atoms. The molecule has 25 heavy (non-hydrogen) atoms. The number of carboxylic acids is 1. The minimum absolute atomic E-state index is 0.262. The van der Waals surface area contributed by atoms with Crippen LogP contribution in [-0.4, -0.2) is 49.3 Å². The summed E-state index contributed by atoms with van der Waals surface area (Å²) in [4.78, 5) is 37.1. The minimum atomic E-state index is -1.06. The number of carbonyl (C=O) groups excluding carboxylic acids is 2. The zero-order valence-corrected chi connectivity index (χ0v) is 14.4. The molecule has 0 aromatic heterocycles. The Kier molecular flexibility index (Phi) is 6.21. The first-order valence-electron chi connectivity index (χ1n) is 8.25. The number of carboxylic acid groups (broad SMARTS) is 1. The van der Waals surface area contributed by atoms with Crippen molar-refractivity contribution in [2.45, 2.75) is 32.2 Å². The van der Waals surface area contributed by atoms with Gasteiger partial charge in [0.15, 0.2) is 0 Å². The van der Waals surface area contributed by atoms with E-state index in [1.165, 1.54) is 18.1 Å². The number of methoxy groups -OCH3 is 1. The molecule has 1 aliphatic heterocycles. The van der Waals surface area contributed by atoms with Crippen molar-refractivity contribution in [2.75, 3.05) is 25.1 Å². The molecule has 1 fully saturated rings. The number of ether oxygens (including phenoxy) is 1. The Labute approximate surface area is 146 Å². The van der Waals surface area contributed by atoms with Gasteiger partial charge in [0.2, 0.25) is 0 Å². The first-order chi connectivity index (χ1) is 12.0. The van der Waals surface area contributed by atoms with Crippen LogP contribution in [0.4, 0.5) is 10.5 Å². The van der Waals surface area contributed by atoms with Crippen molar-refractivity contribution in [3.05, 3.63) is 23.8 Å². The van der Waals surface area contributed by atoms with Crippen LogP contribution >= 0.6 is 0 Å². The van der Waals surface area contributed by atoms with Crippen LogP contribution in [0.25, 0.3) is 0 Å². The summed E-state index contributed by atoms with van der Waals surface area (Å²) in [6.45, 7) is 2.93. The Hall–Kier alpha value is -2.77. The normalized spacial score (nSPS) is 14.8. The van der Waals surface area contributed by atoms with E-state index in [1.54, 1.807) is 12.1 Å². The molecule has 1 heterocycles. The van der Waals surface area contributed by atoms with Gasteiger partial charge in [0.1, 0.15) is 11.8 Å². The molecule has 1 unspecified atom stereocenters. The van der Waals surface area contributed by atoms with Crippen LogP contribution in [0.5, 0.6) is 5.75 Å². The third kappa shape index (κ3) is 4.40. The van der Waals surface area contributed by atoms with Gasteiger partial charge in [-0.15, -0.1) is 0 Å². The van der Waals surface area contributed by atoms with E-state index in [1.807, 2.05) is 6.92 Å². The average molecular weight is 349 g/mol. The summed E-state index contributed by atoms with van der Waals surface area (Å²) in [5, 5.41) is 14.5. The molecule has 136 valence electrons. The monoisotopic (exact) mass is 349 g/mol. The molecule has 2 rings (SSSR count). The molecule has 1 aromatic carbocycles. The maximum absolute atomic E-state index is 12.4. The number of carbonyl (C=O) groups is 3. The summed E-state index contributed by atoms with van der Waals surface area (Å²) in [6, 6.07) is 3.48. The van der Waals surface area contributed by atoms with Crippen molar-refractivity contribution >= 4 is 23.6 Å². The summed E-state index contributed by atoms with van der Waals surface area (Å²) in [7, 11) is 1.48. The zero-order valence-electron chi connectivity index (χ0n) is 14.4. The maximum atomic E-state index is 12.4. The largest absolute Gasteiger partial charge is 0.495 e. The second-order valence-electron chi connectivity index (χ2n) is 5.78.